The van der Waals surface area contributed by atoms with E-state index >= 15 is 0 Å². The number of carbonyl (C=O) groups excluding carboxylic acids is 1. The Bertz CT molecular complexity index is 315. The van der Waals surface area contributed by atoms with Crippen molar-refractivity contribution < 1.29 is 4.79 Å². The first-order valence-corrected chi connectivity index (χ1v) is 6.16. The van der Waals surface area contributed by atoms with E-state index < -0.39 is 0 Å². The molecule has 17 heavy (non-hydrogen) atoms. The van der Waals surface area contributed by atoms with Crippen LogP contribution in [-0.2, 0) is 11.2 Å². The molecule has 0 radical (unpaired) electrons. The average molecular weight is 298 g/mol. The molecule has 98 valence electrons. The minimum atomic E-state index is 0. The van der Waals surface area contributed by atoms with Crippen LogP contribution in [0.15, 0.2) is 10.9 Å². The van der Waals surface area contributed by atoms with Crippen LogP contribution in [0.1, 0.15) is 12.1 Å². The van der Waals surface area contributed by atoms with E-state index in [2.05, 4.69) is 15.6 Å². The summed E-state index contributed by atoms with van der Waals surface area (Å²) in [6.07, 6.45) is 1.79. The Morgan fingerprint density at radius 2 is 2.41 bits per heavy atom. The zero-order chi connectivity index (χ0) is 10.5. The first-order valence-electron chi connectivity index (χ1n) is 5.22. The van der Waals surface area contributed by atoms with Gasteiger partial charge in [-0.05, 0) is 13.0 Å². The molecule has 0 aliphatic carbocycles. The van der Waals surface area contributed by atoms with Gasteiger partial charge in [-0.25, -0.2) is 4.98 Å². The van der Waals surface area contributed by atoms with Crippen LogP contribution in [0.4, 0.5) is 0 Å². The summed E-state index contributed by atoms with van der Waals surface area (Å²) >= 11 is 1.59. The number of halogens is 2. The molecule has 1 fully saturated rings. The molecular weight excluding hydrogens is 281 g/mol. The van der Waals surface area contributed by atoms with Gasteiger partial charge in [0.15, 0.2) is 0 Å². The van der Waals surface area contributed by atoms with Gasteiger partial charge in [0.25, 0.3) is 0 Å². The first-order chi connectivity index (χ1) is 7.36. The van der Waals surface area contributed by atoms with Gasteiger partial charge in [0.2, 0.25) is 5.91 Å². The summed E-state index contributed by atoms with van der Waals surface area (Å²) in [6, 6.07) is 0. The van der Waals surface area contributed by atoms with Crippen molar-refractivity contribution in [1.29, 1.82) is 0 Å². The Kier molecular flexibility index (Phi) is 8.51. The zero-order valence-corrected chi connectivity index (χ0v) is 11.8. The van der Waals surface area contributed by atoms with Crippen molar-refractivity contribution in [3.8, 4) is 0 Å². The van der Waals surface area contributed by atoms with E-state index in [-0.39, 0.29) is 36.6 Å². The number of nitrogens with one attached hydrogen (secondary N) is 2. The van der Waals surface area contributed by atoms with E-state index in [4.69, 9.17) is 0 Å². The fourth-order valence-electron chi connectivity index (χ4n) is 1.70. The molecular formula is C10H17Cl2N3OS. The van der Waals surface area contributed by atoms with Gasteiger partial charge in [-0.3, -0.25) is 4.79 Å². The fraction of sp³-hybridized carbons (Fsp3) is 0.600. The second-order valence-corrected chi connectivity index (χ2v) is 4.43. The van der Waals surface area contributed by atoms with Crippen LogP contribution in [-0.4, -0.2) is 30.5 Å². The Morgan fingerprint density at radius 1 is 1.59 bits per heavy atom. The first kappa shape index (κ1) is 16.6. The van der Waals surface area contributed by atoms with Crippen molar-refractivity contribution in [3.05, 3.63) is 16.6 Å². The third-order valence-electron chi connectivity index (χ3n) is 2.59. The third kappa shape index (κ3) is 5.21. The van der Waals surface area contributed by atoms with Crippen molar-refractivity contribution in [3.63, 3.8) is 0 Å². The molecule has 1 aliphatic heterocycles. The van der Waals surface area contributed by atoms with Crippen LogP contribution >= 0.6 is 36.2 Å². The second-order valence-electron chi connectivity index (χ2n) is 3.71. The number of carbonyl (C=O) groups is 1. The minimum absolute atomic E-state index is 0. The zero-order valence-electron chi connectivity index (χ0n) is 9.35. The smallest absolute Gasteiger partial charge is 0.224 e. The lowest BCUT2D eigenvalue weighted by atomic mass is 10.1. The topological polar surface area (TPSA) is 54.0 Å². The maximum Gasteiger partial charge on any atom is 0.224 e. The van der Waals surface area contributed by atoms with Crippen LogP contribution in [0.2, 0.25) is 0 Å². The highest BCUT2D eigenvalue weighted by molar-refractivity contribution is 7.07. The monoisotopic (exact) mass is 297 g/mol. The number of nitrogens with zero attached hydrogens (tertiary/aromatic N) is 1. The quantitative estimate of drug-likeness (QED) is 0.880. The molecule has 1 aromatic rings. The van der Waals surface area contributed by atoms with Crippen LogP contribution in [0.3, 0.4) is 0 Å². The number of thiazole rings is 1. The third-order valence-corrected chi connectivity index (χ3v) is 3.23. The molecule has 2 rings (SSSR count). The van der Waals surface area contributed by atoms with Crippen LogP contribution < -0.4 is 10.6 Å². The van der Waals surface area contributed by atoms with Crippen molar-refractivity contribution in [1.82, 2.24) is 15.6 Å². The van der Waals surface area contributed by atoms with Gasteiger partial charge in [-0.15, -0.1) is 36.2 Å². The van der Waals surface area contributed by atoms with E-state index in [0.717, 1.165) is 31.6 Å². The number of hydrogen-bond acceptors (Lipinski definition) is 4. The van der Waals surface area contributed by atoms with Gasteiger partial charge in [0.05, 0.1) is 17.1 Å². The second kappa shape index (κ2) is 8.69. The number of amides is 1. The molecule has 0 saturated carbocycles. The molecule has 1 aliphatic rings. The highest BCUT2D eigenvalue weighted by atomic mass is 35.5. The van der Waals surface area contributed by atoms with Crippen LogP contribution in [0, 0.1) is 5.92 Å². The Balaban J connectivity index is 0.00000128. The van der Waals surface area contributed by atoms with E-state index in [0.29, 0.717) is 6.54 Å². The Morgan fingerprint density at radius 3 is 3.00 bits per heavy atom. The van der Waals surface area contributed by atoms with Gasteiger partial charge < -0.3 is 10.6 Å². The summed E-state index contributed by atoms with van der Waals surface area (Å²) in [7, 11) is 0. The molecule has 2 heterocycles. The Hall–Kier alpha value is -0.360. The molecule has 0 aromatic carbocycles. The number of hydrogen-bond donors (Lipinski definition) is 2. The maximum absolute atomic E-state index is 11.6. The van der Waals surface area contributed by atoms with Crippen molar-refractivity contribution in [2.24, 2.45) is 5.92 Å². The molecule has 1 aromatic heterocycles. The van der Waals surface area contributed by atoms with Crippen molar-refractivity contribution in [2.45, 2.75) is 12.8 Å². The lowest BCUT2D eigenvalue weighted by Gasteiger charge is -2.08. The summed E-state index contributed by atoms with van der Waals surface area (Å²) in [6.45, 7) is 2.48. The molecule has 1 amide bonds. The predicted molar refractivity (Wildman–Crippen MR) is 74.3 cm³/mol. The fourth-order valence-corrected chi connectivity index (χ4v) is 2.29. The summed E-state index contributed by atoms with van der Waals surface area (Å²) in [5, 5.41) is 8.15. The van der Waals surface area contributed by atoms with E-state index in [1.807, 2.05) is 10.9 Å². The van der Waals surface area contributed by atoms with Crippen LogP contribution in [0.25, 0.3) is 0 Å². The normalized spacial score (nSPS) is 18.0. The number of aromatic nitrogens is 1. The summed E-state index contributed by atoms with van der Waals surface area (Å²) in [5.74, 6) is 0.343. The van der Waals surface area contributed by atoms with E-state index in [1.54, 1.807) is 11.3 Å². The molecule has 2 N–H and O–H groups in total. The van der Waals surface area contributed by atoms with Gasteiger partial charge in [0, 0.05) is 24.9 Å². The van der Waals surface area contributed by atoms with Crippen LogP contribution in [0.5, 0.6) is 0 Å². The Labute approximate surface area is 117 Å². The molecule has 4 nitrogen and oxygen atoms in total. The maximum atomic E-state index is 11.6. The highest BCUT2D eigenvalue weighted by Gasteiger charge is 2.21. The standard InChI is InChI=1S/C10H15N3OS.2ClH/c14-10(8-1-3-11-5-8)12-4-2-9-6-15-7-13-9;;/h6-8,11H,1-5H2,(H,12,14);2*1H. The largest absolute Gasteiger partial charge is 0.355 e. The van der Waals surface area contributed by atoms with Gasteiger partial charge >= 0.3 is 0 Å². The molecule has 0 spiro atoms. The SMILES string of the molecule is Cl.Cl.O=C(NCCc1cscn1)C1CCNC1. The van der Waals surface area contributed by atoms with Crippen molar-refractivity contribution in [2.75, 3.05) is 19.6 Å². The average Bonchev–Trinajstić information content (AvgIpc) is 2.90. The lowest BCUT2D eigenvalue weighted by molar-refractivity contribution is -0.124. The van der Waals surface area contributed by atoms with Gasteiger partial charge in [-0.2, -0.15) is 0 Å². The minimum Gasteiger partial charge on any atom is -0.355 e. The molecule has 7 heteroatoms. The molecule has 1 atom stereocenters. The highest BCUT2D eigenvalue weighted by Crippen LogP contribution is 2.07. The summed E-state index contributed by atoms with van der Waals surface area (Å²) in [4.78, 5) is 15.8. The lowest BCUT2D eigenvalue weighted by Crippen LogP contribution is -2.33. The van der Waals surface area contributed by atoms with Crippen molar-refractivity contribution >= 4 is 42.1 Å². The van der Waals surface area contributed by atoms with E-state index in [1.165, 1.54) is 0 Å². The summed E-state index contributed by atoms with van der Waals surface area (Å²) < 4.78 is 0. The molecule has 0 bridgehead atoms. The molecule has 1 unspecified atom stereocenters. The summed E-state index contributed by atoms with van der Waals surface area (Å²) in [5.41, 5.74) is 2.88. The van der Waals surface area contributed by atoms with Gasteiger partial charge in [-0.1, -0.05) is 0 Å². The predicted octanol–water partition coefficient (Wildman–Crippen LogP) is 1.25. The van der Waals surface area contributed by atoms with Gasteiger partial charge in [0.1, 0.15) is 0 Å². The molecule has 1 saturated heterocycles. The van der Waals surface area contributed by atoms with E-state index in [9.17, 15) is 4.79 Å². The number of rotatable bonds is 4.